The summed E-state index contributed by atoms with van der Waals surface area (Å²) in [5.74, 6) is -1.80. The number of alkyl halides is 1. The molecule has 0 aliphatic heterocycles. The van der Waals surface area contributed by atoms with Crippen molar-refractivity contribution in [3.8, 4) is 0 Å². The normalized spacial score (nSPS) is 15.3. The van der Waals surface area contributed by atoms with Crippen LogP contribution in [0.3, 0.4) is 0 Å². The summed E-state index contributed by atoms with van der Waals surface area (Å²) < 4.78 is 38.8. The standard InChI is InChI=1S/C11H10BrClFNO3S/c12-5-6-3-10(14)8(4-9(6)13)11(16)15-19(17,18)7-1-2-7/h3-4,7H,1-2,5H2,(H,15,16). The molecule has 0 unspecified atom stereocenters. The van der Waals surface area contributed by atoms with Gasteiger partial charge < -0.3 is 0 Å². The molecule has 1 amide bonds. The van der Waals surface area contributed by atoms with E-state index in [-0.39, 0.29) is 10.6 Å². The lowest BCUT2D eigenvalue weighted by atomic mass is 10.1. The minimum absolute atomic E-state index is 0.201. The topological polar surface area (TPSA) is 63.2 Å². The van der Waals surface area contributed by atoms with Crippen LogP contribution >= 0.6 is 27.5 Å². The summed E-state index contributed by atoms with van der Waals surface area (Å²) in [4.78, 5) is 11.8. The molecule has 0 aromatic heterocycles. The number of amides is 1. The van der Waals surface area contributed by atoms with E-state index in [1.54, 1.807) is 0 Å². The summed E-state index contributed by atoms with van der Waals surface area (Å²) in [5.41, 5.74) is 0.111. The van der Waals surface area contributed by atoms with E-state index in [1.807, 2.05) is 4.72 Å². The molecule has 1 aromatic carbocycles. The first-order chi connectivity index (χ1) is 8.85. The second kappa shape index (κ2) is 5.38. The molecule has 0 saturated heterocycles. The molecule has 0 atom stereocenters. The van der Waals surface area contributed by atoms with Crippen molar-refractivity contribution < 1.29 is 17.6 Å². The van der Waals surface area contributed by atoms with Crippen molar-refractivity contribution in [2.24, 2.45) is 0 Å². The molecule has 1 aliphatic rings. The monoisotopic (exact) mass is 369 g/mol. The van der Waals surface area contributed by atoms with Crippen molar-refractivity contribution in [3.05, 3.63) is 34.1 Å². The molecule has 1 aromatic rings. The van der Waals surface area contributed by atoms with E-state index in [1.165, 1.54) is 0 Å². The van der Waals surface area contributed by atoms with E-state index in [4.69, 9.17) is 11.6 Å². The molecule has 1 saturated carbocycles. The average molecular weight is 371 g/mol. The van der Waals surface area contributed by atoms with Crippen LogP contribution in [0.4, 0.5) is 4.39 Å². The molecule has 1 N–H and O–H groups in total. The van der Waals surface area contributed by atoms with Crippen molar-refractivity contribution >= 4 is 43.5 Å². The smallest absolute Gasteiger partial charge is 0.267 e. The summed E-state index contributed by atoms with van der Waals surface area (Å²) >= 11 is 9.00. The Hall–Kier alpha value is -0.660. The largest absolute Gasteiger partial charge is 0.268 e. The number of halogens is 3. The number of benzene rings is 1. The van der Waals surface area contributed by atoms with E-state index < -0.39 is 27.0 Å². The summed E-state index contributed by atoms with van der Waals surface area (Å²) in [6.45, 7) is 0. The number of carbonyl (C=O) groups is 1. The van der Waals surface area contributed by atoms with E-state index in [9.17, 15) is 17.6 Å². The molecular weight excluding hydrogens is 361 g/mol. The highest BCUT2D eigenvalue weighted by Gasteiger charge is 2.37. The number of hydrogen-bond donors (Lipinski definition) is 1. The molecular formula is C11H10BrClFNO3S. The molecule has 8 heteroatoms. The van der Waals surface area contributed by atoms with Crippen LogP contribution < -0.4 is 4.72 Å². The van der Waals surface area contributed by atoms with Crippen molar-refractivity contribution in [3.63, 3.8) is 0 Å². The number of nitrogens with one attached hydrogen (secondary N) is 1. The zero-order valence-corrected chi connectivity index (χ0v) is 12.8. The van der Waals surface area contributed by atoms with Gasteiger partial charge in [-0.3, -0.25) is 4.79 Å². The quantitative estimate of drug-likeness (QED) is 0.829. The number of hydrogen-bond acceptors (Lipinski definition) is 3. The maximum Gasteiger partial charge on any atom is 0.267 e. The summed E-state index contributed by atoms with van der Waals surface area (Å²) in [5, 5.41) is -0.00516. The highest BCUT2D eigenvalue weighted by Crippen LogP contribution is 2.28. The molecule has 0 spiro atoms. The van der Waals surface area contributed by atoms with Crippen molar-refractivity contribution in [1.82, 2.24) is 4.72 Å². The Morgan fingerprint density at radius 1 is 1.47 bits per heavy atom. The fourth-order valence-electron chi connectivity index (χ4n) is 1.51. The predicted molar refractivity (Wildman–Crippen MR) is 73.4 cm³/mol. The predicted octanol–water partition coefficient (Wildman–Crippen LogP) is 2.60. The average Bonchev–Trinajstić information content (AvgIpc) is 3.15. The lowest BCUT2D eigenvalue weighted by Crippen LogP contribution is -2.33. The number of rotatable bonds is 4. The van der Waals surface area contributed by atoms with Crippen LogP contribution in [0.25, 0.3) is 0 Å². The lowest BCUT2D eigenvalue weighted by molar-refractivity contribution is 0.0977. The molecule has 0 heterocycles. The third-order valence-electron chi connectivity index (χ3n) is 2.72. The van der Waals surface area contributed by atoms with E-state index in [2.05, 4.69) is 15.9 Å². The zero-order chi connectivity index (χ0) is 14.2. The van der Waals surface area contributed by atoms with Gasteiger partial charge in [0.05, 0.1) is 10.8 Å². The van der Waals surface area contributed by atoms with E-state index in [0.29, 0.717) is 23.7 Å². The van der Waals surface area contributed by atoms with Crippen molar-refractivity contribution in [1.29, 1.82) is 0 Å². The molecule has 2 rings (SSSR count). The van der Waals surface area contributed by atoms with Gasteiger partial charge in [-0.05, 0) is 30.5 Å². The molecule has 19 heavy (non-hydrogen) atoms. The van der Waals surface area contributed by atoms with Gasteiger partial charge in [-0.25, -0.2) is 17.5 Å². The molecule has 0 radical (unpaired) electrons. The number of carbonyl (C=O) groups excluding carboxylic acids is 1. The Labute approximate surface area is 123 Å². The van der Waals surface area contributed by atoms with Gasteiger partial charge in [0.15, 0.2) is 0 Å². The molecule has 4 nitrogen and oxygen atoms in total. The van der Waals surface area contributed by atoms with E-state index >= 15 is 0 Å². The van der Waals surface area contributed by atoms with Crippen molar-refractivity contribution in [2.75, 3.05) is 0 Å². The Bertz CT molecular complexity index is 631. The maximum absolute atomic E-state index is 13.7. The van der Waals surface area contributed by atoms with Gasteiger partial charge in [0.25, 0.3) is 5.91 Å². The molecule has 1 fully saturated rings. The van der Waals surface area contributed by atoms with Crippen LogP contribution in [0.1, 0.15) is 28.8 Å². The summed E-state index contributed by atoms with van der Waals surface area (Å²) in [7, 11) is -3.70. The maximum atomic E-state index is 13.7. The van der Waals surface area contributed by atoms with Crippen LogP contribution in [0.5, 0.6) is 0 Å². The third-order valence-corrected chi connectivity index (χ3v) is 5.50. The van der Waals surface area contributed by atoms with Gasteiger partial charge in [-0.15, -0.1) is 0 Å². The minimum Gasteiger partial charge on any atom is -0.268 e. The van der Waals surface area contributed by atoms with Crippen LogP contribution in [0.2, 0.25) is 5.02 Å². The summed E-state index contributed by atoms with van der Waals surface area (Å²) in [6.07, 6.45) is 1.04. The first kappa shape index (κ1) is 14.7. The summed E-state index contributed by atoms with van der Waals surface area (Å²) in [6, 6.07) is 2.24. The van der Waals surface area contributed by atoms with Gasteiger partial charge in [0, 0.05) is 10.4 Å². The van der Waals surface area contributed by atoms with Crippen LogP contribution in [-0.2, 0) is 15.4 Å². The second-order valence-corrected chi connectivity index (χ2v) is 7.16. The van der Waals surface area contributed by atoms with Gasteiger partial charge in [0.1, 0.15) is 5.82 Å². The highest BCUT2D eigenvalue weighted by molar-refractivity contribution is 9.08. The molecule has 0 bridgehead atoms. The van der Waals surface area contributed by atoms with Gasteiger partial charge in [-0.1, -0.05) is 27.5 Å². The Morgan fingerprint density at radius 3 is 2.63 bits per heavy atom. The fraction of sp³-hybridized carbons (Fsp3) is 0.364. The SMILES string of the molecule is O=C(NS(=O)(=O)C1CC1)c1cc(Cl)c(CBr)cc1F. The molecule has 104 valence electrons. The third kappa shape index (κ3) is 3.27. The second-order valence-electron chi connectivity index (χ2n) is 4.23. The number of sulfonamides is 1. The van der Waals surface area contributed by atoms with Crippen molar-refractivity contribution in [2.45, 2.75) is 23.4 Å². The highest BCUT2D eigenvalue weighted by atomic mass is 79.9. The Balaban J connectivity index is 2.26. The molecule has 1 aliphatic carbocycles. The van der Waals surface area contributed by atoms with Gasteiger partial charge >= 0.3 is 0 Å². The van der Waals surface area contributed by atoms with Crippen LogP contribution in [0, 0.1) is 5.82 Å². The van der Waals surface area contributed by atoms with Gasteiger partial charge in [-0.2, -0.15) is 0 Å². The van der Waals surface area contributed by atoms with E-state index in [0.717, 1.165) is 12.1 Å². The van der Waals surface area contributed by atoms with Gasteiger partial charge in [0.2, 0.25) is 10.0 Å². The zero-order valence-electron chi connectivity index (χ0n) is 9.62. The first-order valence-electron chi connectivity index (χ1n) is 5.45. The Morgan fingerprint density at radius 2 is 2.11 bits per heavy atom. The lowest BCUT2D eigenvalue weighted by Gasteiger charge is -2.08. The Kier molecular flexibility index (Phi) is 4.17. The fourth-order valence-corrected chi connectivity index (χ4v) is 3.66. The first-order valence-corrected chi connectivity index (χ1v) is 8.49. The van der Waals surface area contributed by atoms with Crippen LogP contribution in [-0.4, -0.2) is 19.6 Å². The minimum atomic E-state index is -3.70. The van der Waals surface area contributed by atoms with Crippen LogP contribution in [0.15, 0.2) is 12.1 Å².